The zero-order valence-corrected chi connectivity index (χ0v) is 18.1. The first-order valence-corrected chi connectivity index (χ1v) is 10.4. The van der Waals surface area contributed by atoms with E-state index >= 15 is 0 Å². The van der Waals surface area contributed by atoms with Crippen molar-refractivity contribution in [3.8, 4) is 0 Å². The van der Waals surface area contributed by atoms with Crippen LogP contribution in [0, 0.1) is 27.7 Å². The highest BCUT2D eigenvalue weighted by Gasteiger charge is 2.32. The van der Waals surface area contributed by atoms with Crippen LogP contribution in [0.25, 0.3) is 0 Å². The number of guanidine groups is 2. The molecule has 0 radical (unpaired) electrons. The zero-order chi connectivity index (χ0) is 21.3. The van der Waals surface area contributed by atoms with Crippen LogP contribution in [0.2, 0.25) is 0 Å². The van der Waals surface area contributed by atoms with E-state index in [9.17, 15) is 0 Å². The summed E-state index contributed by atoms with van der Waals surface area (Å²) in [6, 6.07) is 12.9. The molecular formula is C23H30N6O. The lowest BCUT2D eigenvalue weighted by Gasteiger charge is -2.41. The van der Waals surface area contributed by atoms with Gasteiger partial charge in [-0.15, -0.1) is 0 Å². The maximum Gasteiger partial charge on any atom is 0.222 e. The number of hydrogen-bond donors (Lipinski definition) is 2. The Kier molecular flexibility index (Phi) is 5.63. The van der Waals surface area contributed by atoms with Crippen LogP contribution in [0.3, 0.4) is 0 Å². The molecule has 3 N–H and O–H groups in total. The number of hydrogen-bond acceptors (Lipinski definition) is 7. The molecule has 0 aromatic heterocycles. The summed E-state index contributed by atoms with van der Waals surface area (Å²) in [4.78, 5) is 13.7. The van der Waals surface area contributed by atoms with E-state index < -0.39 is 6.29 Å². The van der Waals surface area contributed by atoms with Gasteiger partial charge in [0, 0.05) is 24.5 Å². The Balaban J connectivity index is 1.76. The molecule has 0 aliphatic carbocycles. The number of nitrogens with two attached hydrogens (primary N) is 1. The van der Waals surface area contributed by atoms with Crippen LogP contribution in [0.5, 0.6) is 0 Å². The summed E-state index contributed by atoms with van der Waals surface area (Å²) in [6.45, 7) is 11.3. The largest absolute Gasteiger partial charge is 0.378 e. The summed E-state index contributed by atoms with van der Waals surface area (Å²) in [6.07, 6.45) is -0.400. The highest BCUT2D eigenvalue weighted by Crippen LogP contribution is 2.27. The van der Waals surface area contributed by atoms with Crippen LogP contribution in [0.15, 0.2) is 46.4 Å². The van der Waals surface area contributed by atoms with Gasteiger partial charge in [-0.1, -0.05) is 12.1 Å². The standard InChI is InChI=1S/C23H30N6O/c1-15-9-16(2)12-19(11-15)25-22-26-21(24)27-23(28-5-7-30-8-6-28)29(22)20-13-17(3)10-18(4)14-20/h9-14,22,25H,5-8H2,1-4H3,(H2,24,26). The van der Waals surface area contributed by atoms with E-state index in [1.165, 1.54) is 22.3 Å². The second-order valence-corrected chi connectivity index (χ2v) is 8.11. The van der Waals surface area contributed by atoms with E-state index in [-0.39, 0.29) is 5.96 Å². The second-order valence-electron chi connectivity index (χ2n) is 8.11. The Morgan fingerprint density at radius 1 is 0.900 bits per heavy atom. The van der Waals surface area contributed by atoms with Crippen molar-refractivity contribution in [1.29, 1.82) is 0 Å². The fourth-order valence-electron chi connectivity index (χ4n) is 4.11. The van der Waals surface area contributed by atoms with Crippen LogP contribution in [0.1, 0.15) is 22.3 Å². The van der Waals surface area contributed by atoms with Crippen LogP contribution in [-0.4, -0.2) is 49.4 Å². The number of morpholine rings is 1. The van der Waals surface area contributed by atoms with Crippen molar-refractivity contribution < 1.29 is 4.74 Å². The van der Waals surface area contributed by atoms with Crippen LogP contribution in [-0.2, 0) is 4.74 Å². The number of aliphatic imine (C=N–C) groups is 2. The smallest absolute Gasteiger partial charge is 0.222 e. The Morgan fingerprint density at radius 3 is 2.07 bits per heavy atom. The molecule has 1 unspecified atom stereocenters. The lowest BCUT2D eigenvalue weighted by molar-refractivity contribution is 0.0671. The Morgan fingerprint density at radius 2 is 1.47 bits per heavy atom. The highest BCUT2D eigenvalue weighted by atomic mass is 16.5. The fourth-order valence-corrected chi connectivity index (χ4v) is 4.11. The van der Waals surface area contributed by atoms with Crippen molar-refractivity contribution in [3.05, 3.63) is 58.7 Å². The zero-order valence-electron chi connectivity index (χ0n) is 18.1. The van der Waals surface area contributed by atoms with Crippen LogP contribution < -0.4 is 16.0 Å². The summed E-state index contributed by atoms with van der Waals surface area (Å²) >= 11 is 0. The molecule has 2 aliphatic rings. The molecule has 2 aliphatic heterocycles. The fraction of sp³-hybridized carbons (Fsp3) is 0.391. The third kappa shape index (κ3) is 4.41. The number of rotatable bonds is 3. The minimum absolute atomic E-state index is 0.277. The van der Waals surface area contributed by atoms with Crippen molar-refractivity contribution in [2.75, 3.05) is 36.5 Å². The molecule has 0 amide bonds. The molecule has 4 rings (SSSR count). The molecule has 2 aromatic rings. The van der Waals surface area contributed by atoms with Gasteiger partial charge in [-0.25, -0.2) is 4.99 Å². The number of nitrogens with zero attached hydrogens (tertiary/aromatic N) is 4. The molecular weight excluding hydrogens is 376 g/mol. The van der Waals surface area contributed by atoms with Crippen molar-refractivity contribution in [1.82, 2.24) is 4.90 Å². The van der Waals surface area contributed by atoms with E-state index in [0.717, 1.165) is 30.4 Å². The number of ether oxygens (including phenoxy) is 1. The second kappa shape index (κ2) is 8.36. The maximum absolute atomic E-state index is 6.17. The quantitative estimate of drug-likeness (QED) is 0.819. The van der Waals surface area contributed by atoms with E-state index in [4.69, 9.17) is 10.5 Å². The number of aryl methyl sites for hydroxylation is 4. The van der Waals surface area contributed by atoms with Gasteiger partial charge >= 0.3 is 0 Å². The monoisotopic (exact) mass is 406 g/mol. The predicted octanol–water partition coefficient (Wildman–Crippen LogP) is 3.14. The van der Waals surface area contributed by atoms with Crippen molar-refractivity contribution in [2.45, 2.75) is 34.0 Å². The van der Waals surface area contributed by atoms with Gasteiger partial charge in [-0.05, 0) is 74.2 Å². The SMILES string of the molecule is Cc1cc(C)cc(NC2N=C(N)N=C(N3CCOCC3)N2c2cc(C)cc(C)c2)c1. The molecule has 7 nitrogen and oxygen atoms in total. The Bertz CT molecular complexity index is 953. The molecule has 0 bridgehead atoms. The number of benzene rings is 2. The maximum atomic E-state index is 6.17. The third-order valence-electron chi connectivity index (χ3n) is 5.23. The Labute approximate surface area is 178 Å². The van der Waals surface area contributed by atoms with Gasteiger partial charge < -0.3 is 20.7 Å². The minimum Gasteiger partial charge on any atom is -0.378 e. The van der Waals surface area contributed by atoms with E-state index in [1.54, 1.807) is 0 Å². The molecule has 0 saturated carbocycles. The van der Waals surface area contributed by atoms with Gasteiger partial charge in [0.05, 0.1) is 13.2 Å². The molecule has 2 aromatic carbocycles. The molecule has 1 fully saturated rings. The van der Waals surface area contributed by atoms with Crippen molar-refractivity contribution in [3.63, 3.8) is 0 Å². The summed E-state index contributed by atoms with van der Waals surface area (Å²) in [5.41, 5.74) is 13.0. The molecule has 1 saturated heterocycles. The van der Waals surface area contributed by atoms with Gasteiger partial charge in [0.2, 0.25) is 18.2 Å². The topological polar surface area (TPSA) is 78.5 Å². The van der Waals surface area contributed by atoms with Crippen molar-refractivity contribution in [2.24, 2.45) is 15.7 Å². The lowest BCUT2D eigenvalue weighted by Crippen LogP contribution is -2.57. The average molecular weight is 407 g/mol. The van der Waals surface area contributed by atoms with Crippen molar-refractivity contribution >= 4 is 23.3 Å². The first-order chi connectivity index (χ1) is 14.4. The van der Waals surface area contributed by atoms with E-state index in [0.29, 0.717) is 13.2 Å². The van der Waals surface area contributed by atoms with Crippen LogP contribution in [0.4, 0.5) is 11.4 Å². The summed E-state index contributed by atoms with van der Waals surface area (Å²) in [5.74, 6) is 1.08. The summed E-state index contributed by atoms with van der Waals surface area (Å²) in [7, 11) is 0. The third-order valence-corrected chi connectivity index (χ3v) is 5.23. The normalized spacial score (nSPS) is 19.4. The molecule has 1 atom stereocenters. The molecule has 158 valence electrons. The highest BCUT2D eigenvalue weighted by molar-refractivity contribution is 6.06. The van der Waals surface area contributed by atoms with Crippen LogP contribution >= 0.6 is 0 Å². The van der Waals surface area contributed by atoms with E-state index in [2.05, 4.69) is 89.2 Å². The molecule has 2 heterocycles. The number of anilines is 2. The molecule has 30 heavy (non-hydrogen) atoms. The van der Waals surface area contributed by atoms with Gasteiger partial charge in [-0.2, -0.15) is 4.99 Å². The van der Waals surface area contributed by atoms with Gasteiger partial charge in [0.25, 0.3) is 0 Å². The summed E-state index contributed by atoms with van der Waals surface area (Å²) in [5, 5.41) is 3.57. The summed E-state index contributed by atoms with van der Waals surface area (Å²) < 4.78 is 5.55. The minimum atomic E-state index is -0.400. The predicted molar refractivity (Wildman–Crippen MR) is 123 cm³/mol. The number of nitrogens with one attached hydrogen (secondary N) is 1. The molecule has 0 spiro atoms. The first-order valence-electron chi connectivity index (χ1n) is 10.4. The first kappa shape index (κ1) is 20.2. The molecule has 7 heteroatoms. The lowest BCUT2D eigenvalue weighted by atomic mass is 10.1. The van der Waals surface area contributed by atoms with Gasteiger partial charge in [0.1, 0.15) is 0 Å². The van der Waals surface area contributed by atoms with Gasteiger partial charge in [0.15, 0.2) is 0 Å². The van der Waals surface area contributed by atoms with E-state index in [1.807, 2.05) is 0 Å². The van der Waals surface area contributed by atoms with Gasteiger partial charge in [-0.3, -0.25) is 4.90 Å². The average Bonchev–Trinajstić information content (AvgIpc) is 2.66. The Hall–Kier alpha value is -3.06.